The number of hydrogen-bond acceptors (Lipinski definition) is 3. The molecular formula is C15H30N2O2. The molecule has 1 aliphatic rings. The van der Waals surface area contributed by atoms with Gasteiger partial charge in [0.15, 0.2) is 0 Å². The third-order valence-electron chi connectivity index (χ3n) is 3.94. The van der Waals surface area contributed by atoms with Crippen molar-refractivity contribution >= 4 is 5.91 Å². The highest BCUT2D eigenvalue weighted by molar-refractivity contribution is 5.79. The molecule has 0 spiro atoms. The van der Waals surface area contributed by atoms with E-state index in [4.69, 9.17) is 10.5 Å². The number of carbonyl (C=O) groups is 1. The second-order valence-electron chi connectivity index (χ2n) is 6.01. The van der Waals surface area contributed by atoms with E-state index >= 15 is 0 Å². The van der Waals surface area contributed by atoms with Crippen molar-refractivity contribution in [3.63, 3.8) is 0 Å². The van der Waals surface area contributed by atoms with Crippen molar-refractivity contribution in [1.82, 2.24) is 4.90 Å². The molecule has 1 heterocycles. The van der Waals surface area contributed by atoms with Gasteiger partial charge in [-0.1, -0.05) is 20.3 Å². The lowest BCUT2D eigenvalue weighted by molar-refractivity contribution is -0.148. The van der Waals surface area contributed by atoms with E-state index < -0.39 is 0 Å². The monoisotopic (exact) mass is 270 g/mol. The van der Waals surface area contributed by atoms with E-state index in [0.29, 0.717) is 6.61 Å². The summed E-state index contributed by atoms with van der Waals surface area (Å²) in [5, 5.41) is 0. The van der Waals surface area contributed by atoms with E-state index in [0.717, 1.165) is 32.2 Å². The first-order valence-corrected chi connectivity index (χ1v) is 7.63. The maximum Gasteiger partial charge on any atom is 0.225 e. The van der Waals surface area contributed by atoms with Crippen LogP contribution >= 0.6 is 0 Å². The smallest absolute Gasteiger partial charge is 0.225 e. The molecule has 0 aliphatic carbocycles. The molecular weight excluding hydrogens is 240 g/mol. The fourth-order valence-corrected chi connectivity index (χ4v) is 2.60. The molecule has 2 N–H and O–H groups in total. The van der Waals surface area contributed by atoms with Crippen LogP contribution in [0.25, 0.3) is 0 Å². The Balaban J connectivity index is 2.48. The maximum absolute atomic E-state index is 12.5. The van der Waals surface area contributed by atoms with Gasteiger partial charge in [-0.05, 0) is 33.1 Å². The minimum atomic E-state index is 0.0955. The Kier molecular flexibility index (Phi) is 6.80. The standard InChI is InChI=1S/C15H30N2O2/c1-5-14-10-19-13(4)9-17(14)15(18)11(2)7-6-8-12(3)16/h11-14H,5-10,16H2,1-4H3. The molecule has 0 aromatic rings. The van der Waals surface area contributed by atoms with Gasteiger partial charge in [0.05, 0.1) is 18.8 Å². The Labute approximate surface area is 117 Å². The SMILES string of the molecule is CCC1COC(C)CN1C(=O)C(C)CCCC(C)N. The zero-order valence-electron chi connectivity index (χ0n) is 12.9. The average Bonchev–Trinajstić information content (AvgIpc) is 2.37. The van der Waals surface area contributed by atoms with Crippen molar-refractivity contribution in [2.24, 2.45) is 11.7 Å². The van der Waals surface area contributed by atoms with E-state index in [1.165, 1.54) is 0 Å². The van der Waals surface area contributed by atoms with Gasteiger partial charge >= 0.3 is 0 Å². The summed E-state index contributed by atoms with van der Waals surface area (Å²) in [4.78, 5) is 14.6. The molecule has 1 amide bonds. The number of amides is 1. The van der Waals surface area contributed by atoms with Gasteiger partial charge in [-0.2, -0.15) is 0 Å². The first kappa shape index (κ1) is 16.4. The zero-order chi connectivity index (χ0) is 14.4. The van der Waals surface area contributed by atoms with Crippen LogP contribution in [-0.4, -0.2) is 42.1 Å². The van der Waals surface area contributed by atoms with Gasteiger partial charge in [-0.25, -0.2) is 0 Å². The molecule has 4 nitrogen and oxygen atoms in total. The van der Waals surface area contributed by atoms with Crippen LogP contribution in [0, 0.1) is 5.92 Å². The van der Waals surface area contributed by atoms with Crippen molar-refractivity contribution in [1.29, 1.82) is 0 Å². The molecule has 0 aromatic heterocycles. The summed E-state index contributed by atoms with van der Waals surface area (Å²) in [7, 11) is 0. The number of nitrogens with zero attached hydrogens (tertiary/aromatic N) is 1. The van der Waals surface area contributed by atoms with Crippen molar-refractivity contribution in [3.8, 4) is 0 Å². The molecule has 0 saturated carbocycles. The van der Waals surface area contributed by atoms with E-state index in [1.807, 2.05) is 25.7 Å². The summed E-state index contributed by atoms with van der Waals surface area (Å²) in [6, 6.07) is 0.480. The summed E-state index contributed by atoms with van der Waals surface area (Å²) in [5.74, 6) is 0.379. The van der Waals surface area contributed by atoms with E-state index in [2.05, 4.69) is 6.92 Å². The maximum atomic E-state index is 12.5. The van der Waals surface area contributed by atoms with Crippen molar-refractivity contribution in [2.75, 3.05) is 13.2 Å². The molecule has 0 bridgehead atoms. The van der Waals surface area contributed by atoms with Crippen LogP contribution < -0.4 is 5.73 Å². The minimum Gasteiger partial charge on any atom is -0.375 e. The van der Waals surface area contributed by atoms with Gasteiger partial charge in [0, 0.05) is 18.5 Å². The fourth-order valence-electron chi connectivity index (χ4n) is 2.60. The van der Waals surface area contributed by atoms with Gasteiger partial charge in [0.1, 0.15) is 0 Å². The molecule has 0 radical (unpaired) electrons. The minimum absolute atomic E-state index is 0.0955. The second kappa shape index (κ2) is 7.85. The highest BCUT2D eigenvalue weighted by Crippen LogP contribution is 2.20. The van der Waals surface area contributed by atoms with Gasteiger partial charge in [-0.3, -0.25) is 4.79 Å². The summed E-state index contributed by atoms with van der Waals surface area (Å²) < 4.78 is 5.64. The van der Waals surface area contributed by atoms with Crippen molar-refractivity contribution < 1.29 is 9.53 Å². The van der Waals surface area contributed by atoms with Gasteiger partial charge in [0.25, 0.3) is 0 Å². The Morgan fingerprint density at radius 1 is 1.42 bits per heavy atom. The van der Waals surface area contributed by atoms with E-state index in [9.17, 15) is 4.79 Å². The highest BCUT2D eigenvalue weighted by atomic mass is 16.5. The van der Waals surface area contributed by atoms with Crippen LogP contribution in [0.3, 0.4) is 0 Å². The second-order valence-corrected chi connectivity index (χ2v) is 6.01. The van der Waals surface area contributed by atoms with Crippen LogP contribution in [0.1, 0.15) is 53.4 Å². The Hall–Kier alpha value is -0.610. The number of ether oxygens (including phenoxy) is 1. The molecule has 4 unspecified atom stereocenters. The zero-order valence-corrected chi connectivity index (χ0v) is 12.9. The number of carbonyl (C=O) groups excluding carboxylic acids is 1. The molecule has 4 heteroatoms. The highest BCUT2D eigenvalue weighted by Gasteiger charge is 2.31. The van der Waals surface area contributed by atoms with Gasteiger partial charge in [-0.15, -0.1) is 0 Å². The lowest BCUT2D eigenvalue weighted by Crippen LogP contribution is -2.52. The molecule has 1 fully saturated rings. The van der Waals surface area contributed by atoms with Crippen molar-refractivity contribution in [2.45, 2.75) is 71.6 Å². The Bertz CT molecular complexity index is 281. The van der Waals surface area contributed by atoms with Crippen LogP contribution in [0.4, 0.5) is 0 Å². The molecule has 1 saturated heterocycles. The van der Waals surface area contributed by atoms with Gasteiger partial charge < -0.3 is 15.4 Å². The largest absolute Gasteiger partial charge is 0.375 e. The molecule has 112 valence electrons. The van der Waals surface area contributed by atoms with E-state index in [1.54, 1.807) is 0 Å². The van der Waals surface area contributed by atoms with Crippen LogP contribution in [0.2, 0.25) is 0 Å². The van der Waals surface area contributed by atoms with Crippen molar-refractivity contribution in [3.05, 3.63) is 0 Å². The summed E-state index contributed by atoms with van der Waals surface area (Å²) in [6.07, 6.45) is 4.08. The number of nitrogens with two attached hydrogens (primary N) is 1. The predicted octanol–water partition coefficient (Wildman–Crippen LogP) is 2.17. The average molecular weight is 270 g/mol. The summed E-state index contributed by atoms with van der Waals surface area (Å²) in [5.41, 5.74) is 5.75. The fraction of sp³-hybridized carbons (Fsp3) is 0.933. The normalized spacial score (nSPS) is 27.1. The lowest BCUT2D eigenvalue weighted by atomic mass is 9.99. The van der Waals surface area contributed by atoms with Crippen LogP contribution in [-0.2, 0) is 9.53 Å². The number of morpholine rings is 1. The molecule has 1 rings (SSSR count). The quantitative estimate of drug-likeness (QED) is 0.804. The topological polar surface area (TPSA) is 55.6 Å². The summed E-state index contributed by atoms with van der Waals surface area (Å²) in [6.45, 7) is 9.61. The molecule has 1 aliphatic heterocycles. The van der Waals surface area contributed by atoms with Crippen LogP contribution in [0.15, 0.2) is 0 Å². The first-order chi connectivity index (χ1) is 8.95. The molecule has 0 aromatic carbocycles. The van der Waals surface area contributed by atoms with E-state index in [-0.39, 0.29) is 30.0 Å². The Morgan fingerprint density at radius 2 is 2.11 bits per heavy atom. The third kappa shape index (κ3) is 5.11. The first-order valence-electron chi connectivity index (χ1n) is 7.63. The number of hydrogen-bond donors (Lipinski definition) is 1. The number of rotatable bonds is 6. The lowest BCUT2D eigenvalue weighted by Gasteiger charge is -2.39. The third-order valence-corrected chi connectivity index (χ3v) is 3.94. The summed E-state index contributed by atoms with van der Waals surface area (Å²) >= 11 is 0. The predicted molar refractivity (Wildman–Crippen MR) is 77.9 cm³/mol. The van der Waals surface area contributed by atoms with Crippen LogP contribution in [0.5, 0.6) is 0 Å². The molecule has 19 heavy (non-hydrogen) atoms. The van der Waals surface area contributed by atoms with Gasteiger partial charge in [0.2, 0.25) is 5.91 Å². The molecule has 4 atom stereocenters. The Morgan fingerprint density at radius 3 is 2.68 bits per heavy atom.